The lowest BCUT2D eigenvalue weighted by Gasteiger charge is -2.18. The van der Waals surface area contributed by atoms with Crippen LogP contribution in [0.5, 0.6) is 0 Å². The highest BCUT2D eigenvalue weighted by molar-refractivity contribution is 5.15. The van der Waals surface area contributed by atoms with Crippen LogP contribution >= 0.6 is 0 Å². The summed E-state index contributed by atoms with van der Waals surface area (Å²) in [5, 5.41) is 4.09. The molecule has 0 spiro atoms. The Morgan fingerprint density at radius 2 is 1.95 bits per heavy atom. The summed E-state index contributed by atoms with van der Waals surface area (Å²) in [7, 11) is 0. The predicted molar refractivity (Wildman–Crippen MR) is 78.8 cm³/mol. The first-order chi connectivity index (χ1) is 10.3. The number of aromatic nitrogens is 2. The smallest absolute Gasteiger partial charge is 0.243 e. The van der Waals surface area contributed by atoms with Crippen LogP contribution in [0.15, 0.2) is 34.9 Å². The zero-order chi connectivity index (χ0) is 14.5. The largest absolute Gasteiger partial charge is 0.381 e. The highest BCUT2D eigenvalue weighted by Gasteiger charge is 2.23. The average Bonchev–Trinajstić information content (AvgIpc) is 3.04. The van der Waals surface area contributed by atoms with Gasteiger partial charge in [-0.15, -0.1) is 0 Å². The van der Waals surface area contributed by atoms with Crippen LogP contribution < -0.4 is 5.73 Å². The fourth-order valence-corrected chi connectivity index (χ4v) is 2.61. The lowest BCUT2D eigenvalue weighted by molar-refractivity contribution is 0.0830. The summed E-state index contributed by atoms with van der Waals surface area (Å²) in [6, 6.07) is 10.1. The number of aryl methyl sites for hydroxylation is 1. The third-order valence-corrected chi connectivity index (χ3v) is 3.95. The van der Waals surface area contributed by atoms with E-state index in [9.17, 15) is 0 Å². The van der Waals surface area contributed by atoms with Gasteiger partial charge in [-0.1, -0.05) is 35.5 Å². The Labute approximate surface area is 124 Å². The van der Waals surface area contributed by atoms with Gasteiger partial charge in [0.25, 0.3) is 0 Å². The summed E-state index contributed by atoms with van der Waals surface area (Å²) in [5.74, 6) is 1.67. The number of nitrogens with two attached hydrogens (primary N) is 1. The summed E-state index contributed by atoms with van der Waals surface area (Å²) in [4.78, 5) is 4.49. The molecule has 1 aliphatic rings. The fourth-order valence-electron chi connectivity index (χ4n) is 2.61. The minimum Gasteiger partial charge on any atom is -0.381 e. The quantitative estimate of drug-likeness (QED) is 0.915. The zero-order valence-corrected chi connectivity index (χ0v) is 12.1. The van der Waals surface area contributed by atoms with Crippen molar-refractivity contribution < 1.29 is 9.26 Å². The van der Waals surface area contributed by atoms with Crippen molar-refractivity contribution in [2.45, 2.75) is 37.6 Å². The molecule has 5 heteroatoms. The Bertz CT molecular complexity index is 550. The number of nitrogens with zero attached hydrogens (tertiary/aromatic N) is 2. The lowest BCUT2D eigenvalue weighted by Crippen LogP contribution is -2.16. The Morgan fingerprint density at radius 1 is 1.19 bits per heavy atom. The number of hydrogen-bond acceptors (Lipinski definition) is 5. The van der Waals surface area contributed by atoms with Crippen LogP contribution in [0.2, 0.25) is 0 Å². The van der Waals surface area contributed by atoms with Crippen LogP contribution in [0.4, 0.5) is 0 Å². The molecule has 1 aliphatic heterocycles. The van der Waals surface area contributed by atoms with E-state index in [-0.39, 0.29) is 6.04 Å². The maximum absolute atomic E-state index is 6.16. The van der Waals surface area contributed by atoms with E-state index in [2.05, 4.69) is 22.3 Å². The van der Waals surface area contributed by atoms with Gasteiger partial charge in [0.05, 0.1) is 6.04 Å². The highest BCUT2D eigenvalue weighted by Crippen LogP contribution is 2.25. The van der Waals surface area contributed by atoms with E-state index in [4.69, 9.17) is 15.0 Å². The van der Waals surface area contributed by atoms with Crippen molar-refractivity contribution in [3.8, 4) is 0 Å². The van der Waals surface area contributed by atoms with Crippen molar-refractivity contribution in [1.29, 1.82) is 0 Å². The topological polar surface area (TPSA) is 74.2 Å². The maximum Gasteiger partial charge on any atom is 0.243 e. The molecule has 0 bridgehead atoms. The SMILES string of the molecule is NC(CCc1ccccc1)c1nc(C2CCOCC2)no1. The summed E-state index contributed by atoms with van der Waals surface area (Å²) in [6.45, 7) is 1.54. The molecule has 3 rings (SSSR count). The van der Waals surface area contributed by atoms with Crippen LogP contribution in [-0.4, -0.2) is 23.4 Å². The second kappa shape index (κ2) is 6.83. The molecule has 0 aliphatic carbocycles. The Hall–Kier alpha value is -1.72. The van der Waals surface area contributed by atoms with Crippen molar-refractivity contribution >= 4 is 0 Å². The number of rotatable bonds is 5. The van der Waals surface area contributed by atoms with E-state index in [0.717, 1.165) is 44.7 Å². The minimum atomic E-state index is -0.203. The van der Waals surface area contributed by atoms with Gasteiger partial charge < -0.3 is 15.0 Å². The van der Waals surface area contributed by atoms with Crippen LogP contribution in [0.3, 0.4) is 0 Å². The summed E-state index contributed by atoms with van der Waals surface area (Å²) < 4.78 is 10.7. The van der Waals surface area contributed by atoms with Crippen LogP contribution in [0.25, 0.3) is 0 Å². The zero-order valence-electron chi connectivity index (χ0n) is 12.1. The van der Waals surface area contributed by atoms with Gasteiger partial charge in [-0.2, -0.15) is 4.98 Å². The third kappa shape index (κ3) is 3.68. The van der Waals surface area contributed by atoms with Gasteiger partial charge in [0.1, 0.15) is 0 Å². The Kier molecular flexibility index (Phi) is 4.62. The molecule has 2 N–H and O–H groups in total. The van der Waals surface area contributed by atoms with Gasteiger partial charge in [0.15, 0.2) is 5.82 Å². The first kappa shape index (κ1) is 14.2. The van der Waals surface area contributed by atoms with E-state index in [1.165, 1.54) is 5.56 Å². The molecular weight excluding hydrogens is 266 g/mol. The van der Waals surface area contributed by atoms with Crippen molar-refractivity contribution in [3.05, 3.63) is 47.6 Å². The van der Waals surface area contributed by atoms with Crippen LogP contribution in [0, 0.1) is 0 Å². The van der Waals surface area contributed by atoms with E-state index >= 15 is 0 Å². The molecule has 1 aromatic carbocycles. The molecule has 21 heavy (non-hydrogen) atoms. The Balaban J connectivity index is 1.57. The number of ether oxygens (including phenoxy) is 1. The van der Waals surface area contributed by atoms with Gasteiger partial charge in [-0.3, -0.25) is 0 Å². The molecule has 0 amide bonds. The molecule has 2 heterocycles. The Morgan fingerprint density at radius 3 is 2.71 bits per heavy atom. The molecule has 1 saturated heterocycles. The third-order valence-electron chi connectivity index (χ3n) is 3.95. The van der Waals surface area contributed by atoms with Crippen LogP contribution in [-0.2, 0) is 11.2 Å². The molecular formula is C16H21N3O2. The summed E-state index contributed by atoms with van der Waals surface area (Å²) in [5.41, 5.74) is 7.44. The monoisotopic (exact) mass is 287 g/mol. The molecule has 2 aromatic rings. The van der Waals surface area contributed by atoms with Gasteiger partial charge in [0.2, 0.25) is 5.89 Å². The number of hydrogen-bond donors (Lipinski definition) is 1. The standard InChI is InChI=1S/C16H21N3O2/c17-14(7-6-12-4-2-1-3-5-12)16-18-15(19-21-16)13-8-10-20-11-9-13/h1-5,13-14H,6-11,17H2. The van der Waals surface area contributed by atoms with Gasteiger partial charge in [-0.05, 0) is 31.2 Å². The predicted octanol–water partition coefficient (Wildman–Crippen LogP) is 2.60. The van der Waals surface area contributed by atoms with E-state index < -0.39 is 0 Å². The lowest BCUT2D eigenvalue weighted by atomic mass is 10.00. The molecule has 5 nitrogen and oxygen atoms in total. The number of benzene rings is 1. The van der Waals surface area contributed by atoms with Crippen molar-refractivity contribution in [2.75, 3.05) is 13.2 Å². The highest BCUT2D eigenvalue weighted by atomic mass is 16.5. The minimum absolute atomic E-state index is 0.203. The van der Waals surface area contributed by atoms with Gasteiger partial charge in [0, 0.05) is 19.1 Å². The first-order valence-corrected chi connectivity index (χ1v) is 7.53. The second-order valence-corrected chi connectivity index (χ2v) is 5.51. The molecule has 112 valence electrons. The second-order valence-electron chi connectivity index (χ2n) is 5.51. The molecule has 1 unspecified atom stereocenters. The average molecular weight is 287 g/mol. The van der Waals surface area contributed by atoms with Gasteiger partial charge >= 0.3 is 0 Å². The molecule has 1 atom stereocenters. The molecule has 1 fully saturated rings. The first-order valence-electron chi connectivity index (χ1n) is 7.53. The maximum atomic E-state index is 6.16. The van der Waals surface area contributed by atoms with E-state index in [1.807, 2.05) is 18.2 Å². The molecule has 1 aromatic heterocycles. The van der Waals surface area contributed by atoms with Crippen LogP contribution in [0.1, 0.15) is 48.5 Å². The van der Waals surface area contributed by atoms with E-state index in [1.54, 1.807) is 0 Å². The van der Waals surface area contributed by atoms with Crippen molar-refractivity contribution in [3.63, 3.8) is 0 Å². The fraction of sp³-hybridized carbons (Fsp3) is 0.500. The van der Waals surface area contributed by atoms with Crippen molar-refractivity contribution in [2.24, 2.45) is 5.73 Å². The van der Waals surface area contributed by atoms with Gasteiger partial charge in [-0.25, -0.2) is 0 Å². The molecule has 0 saturated carbocycles. The summed E-state index contributed by atoms with van der Waals surface area (Å²) >= 11 is 0. The molecule has 0 radical (unpaired) electrons. The van der Waals surface area contributed by atoms with E-state index in [0.29, 0.717) is 11.8 Å². The normalized spacial score (nSPS) is 17.8. The summed E-state index contributed by atoms with van der Waals surface area (Å²) in [6.07, 6.45) is 3.63. The van der Waals surface area contributed by atoms with Crippen molar-refractivity contribution in [1.82, 2.24) is 10.1 Å².